The van der Waals surface area contributed by atoms with Crippen molar-refractivity contribution in [2.45, 2.75) is 13.3 Å². The van der Waals surface area contributed by atoms with E-state index < -0.39 is 0 Å². The number of carbonyl (C=O) groups excluding carboxylic acids is 1. The Morgan fingerprint density at radius 2 is 2.00 bits per heavy atom. The fraction of sp³-hybridized carbons (Fsp3) is 0.238. The number of aryl methyl sites for hydroxylation is 1. The Hall–Kier alpha value is -2.86. The summed E-state index contributed by atoms with van der Waals surface area (Å²) in [6.07, 6.45) is 0.678. The van der Waals surface area contributed by atoms with Crippen LogP contribution < -0.4 is 14.8 Å². The van der Waals surface area contributed by atoms with Gasteiger partial charge in [0.15, 0.2) is 5.13 Å². The lowest BCUT2D eigenvalue weighted by molar-refractivity contribution is -0.121. The quantitative estimate of drug-likeness (QED) is 0.732. The van der Waals surface area contributed by atoms with Crippen molar-refractivity contribution in [1.82, 2.24) is 4.98 Å². The maximum absolute atomic E-state index is 12.7. The SMILES string of the molecule is COc1ccc(-c2nc(NC(=O)[C@@H]3COc4ccccc4C3)sc2C)cc1. The van der Waals surface area contributed by atoms with Crippen LogP contribution in [0, 0.1) is 12.8 Å². The zero-order valence-corrected chi connectivity index (χ0v) is 16.0. The topological polar surface area (TPSA) is 60.5 Å². The molecule has 4 rings (SSSR count). The molecule has 1 aromatic heterocycles. The van der Waals surface area contributed by atoms with Crippen LogP contribution in [0.3, 0.4) is 0 Å². The summed E-state index contributed by atoms with van der Waals surface area (Å²) in [7, 11) is 1.64. The maximum atomic E-state index is 12.7. The number of ether oxygens (including phenoxy) is 2. The molecule has 0 spiro atoms. The van der Waals surface area contributed by atoms with Crippen LogP contribution in [0.2, 0.25) is 0 Å². The lowest BCUT2D eigenvalue weighted by atomic mass is 9.96. The fourth-order valence-electron chi connectivity index (χ4n) is 3.17. The molecular weight excluding hydrogens is 360 g/mol. The Balaban J connectivity index is 1.48. The Morgan fingerprint density at radius 3 is 2.78 bits per heavy atom. The molecule has 0 saturated carbocycles. The van der Waals surface area contributed by atoms with E-state index in [1.165, 1.54) is 11.3 Å². The molecule has 138 valence electrons. The highest BCUT2D eigenvalue weighted by Crippen LogP contribution is 2.32. The summed E-state index contributed by atoms with van der Waals surface area (Å²) in [4.78, 5) is 18.4. The first-order chi connectivity index (χ1) is 13.1. The number of fused-ring (bicyclic) bond motifs is 1. The molecule has 0 saturated heterocycles. The van der Waals surface area contributed by atoms with E-state index in [0.29, 0.717) is 18.2 Å². The third kappa shape index (κ3) is 3.66. The molecule has 1 amide bonds. The Kier molecular flexibility index (Phi) is 4.81. The zero-order valence-electron chi connectivity index (χ0n) is 15.2. The van der Waals surface area contributed by atoms with Crippen LogP contribution in [-0.4, -0.2) is 24.6 Å². The number of rotatable bonds is 4. The molecule has 1 atom stereocenters. The van der Waals surface area contributed by atoms with Crippen LogP contribution in [0.15, 0.2) is 48.5 Å². The van der Waals surface area contributed by atoms with Gasteiger partial charge in [-0.3, -0.25) is 4.79 Å². The molecule has 2 aromatic carbocycles. The third-order valence-corrected chi connectivity index (χ3v) is 5.53. The van der Waals surface area contributed by atoms with Crippen molar-refractivity contribution in [1.29, 1.82) is 0 Å². The van der Waals surface area contributed by atoms with Gasteiger partial charge in [-0.25, -0.2) is 4.98 Å². The number of amides is 1. The molecule has 0 bridgehead atoms. The van der Waals surface area contributed by atoms with Crippen LogP contribution in [0.25, 0.3) is 11.3 Å². The number of nitrogens with zero attached hydrogens (tertiary/aromatic N) is 1. The number of aromatic nitrogens is 1. The van der Waals surface area contributed by atoms with Gasteiger partial charge in [-0.1, -0.05) is 18.2 Å². The molecule has 6 heteroatoms. The van der Waals surface area contributed by atoms with E-state index in [9.17, 15) is 4.79 Å². The average Bonchev–Trinajstić information content (AvgIpc) is 3.07. The molecule has 27 heavy (non-hydrogen) atoms. The Labute approximate surface area is 162 Å². The van der Waals surface area contributed by atoms with Crippen LogP contribution >= 0.6 is 11.3 Å². The van der Waals surface area contributed by atoms with Gasteiger partial charge in [0.25, 0.3) is 0 Å². The van der Waals surface area contributed by atoms with E-state index in [4.69, 9.17) is 9.47 Å². The third-order valence-electron chi connectivity index (χ3n) is 4.64. The molecule has 5 nitrogen and oxygen atoms in total. The first kappa shape index (κ1) is 17.5. The van der Waals surface area contributed by atoms with E-state index in [1.807, 2.05) is 55.5 Å². The summed E-state index contributed by atoms with van der Waals surface area (Å²) < 4.78 is 10.9. The Morgan fingerprint density at radius 1 is 1.22 bits per heavy atom. The predicted molar refractivity (Wildman–Crippen MR) is 107 cm³/mol. The van der Waals surface area contributed by atoms with Gasteiger partial charge in [-0.2, -0.15) is 0 Å². The summed E-state index contributed by atoms with van der Waals surface area (Å²) in [5.74, 6) is 1.40. The minimum absolute atomic E-state index is 0.0560. The van der Waals surface area contributed by atoms with Crippen LogP contribution in [0.1, 0.15) is 10.4 Å². The summed E-state index contributed by atoms with van der Waals surface area (Å²) in [6, 6.07) is 15.6. The van der Waals surface area contributed by atoms with Crippen molar-refractivity contribution >= 4 is 22.4 Å². The minimum atomic E-state index is -0.214. The first-order valence-electron chi connectivity index (χ1n) is 8.77. The fourth-order valence-corrected chi connectivity index (χ4v) is 4.01. The monoisotopic (exact) mass is 380 g/mol. The number of hydrogen-bond donors (Lipinski definition) is 1. The zero-order chi connectivity index (χ0) is 18.8. The molecule has 0 radical (unpaired) electrons. The highest BCUT2D eigenvalue weighted by atomic mass is 32.1. The number of methoxy groups -OCH3 is 1. The van der Waals surface area contributed by atoms with Crippen molar-refractivity contribution in [3.05, 3.63) is 59.0 Å². The number of nitrogens with one attached hydrogen (secondary N) is 1. The number of benzene rings is 2. The van der Waals surface area contributed by atoms with E-state index in [0.717, 1.165) is 33.2 Å². The van der Waals surface area contributed by atoms with Crippen molar-refractivity contribution in [3.8, 4) is 22.8 Å². The van der Waals surface area contributed by atoms with Crippen molar-refractivity contribution in [2.75, 3.05) is 19.0 Å². The van der Waals surface area contributed by atoms with E-state index in [-0.39, 0.29) is 11.8 Å². The summed E-state index contributed by atoms with van der Waals surface area (Å²) >= 11 is 1.48. The van der Waals surface area contributed by atoms with Crippen LogP contribution in [0.4, 0.5) is 5.13 Å². The van der Waals surface area contributed by atoms with Crippen LogP contribution in [0.5, 0.6) is 11.5 Å². The number of thiazole rings is 1. The molecule has 2 heterocycles. The van der Waals surface area contributed by atoms with Crippen molar-refractivity contribution in [3.63, 3.8) is 0 Å². The second-order valence-corrected chi connectivity index (χ2v) is 7.66. The molecule has 0 aliphatic carbocycles. The summed E-state index contributed by atoms with van der Waals surface area (Å²) in [6.45, 7) is 2.39. The lowest BCUT2D eigenvalue weighted by Crippen LogP contribution is -2.32. The van der Waals surface area contributed by atoms with Crippen molar-refractivity contribution in [2.24, 2.45) is 5.92 Å². The second-order valence-electron chi connectivity index (χ2n) is 6.46. The number of para-hydroxylation sites is 1. The Bertz CT molecular complexity index is 966. The molecule has 1 N–H and O–H groups in total. The standard InChI is InChI=1S/C21H20N2O3S/c1-13-19(14-7-9-17(25-2)10-8-14)22-21(27-13)23-20(24)16-11-15-5-3-4-6-18(15)26-12-16/h3-10,16H,11-12H2,1-2H3,(H,22,23,24)/t16-/m0/s1. The number of hydrogen-bond acceptors (Lipinski definition) is 5. The smallest absolute Gasteiger partial charge is 0.233 e. The number of anilines is 1. The number of carbonyl (C=O) groups is 1. The highest BCUT2D eigenvalue weighted by molar-refractivity contribution is 7.16. The molecule has 3 aromatic rings. The predicted octanol–water partition coefficient (Wildman–Crippen LogP) is 4.32. The summed E-state index contributed by atoms with van der Waals surface area (Å²) in [5.41, 5.74) is 2.95. The normalized spacial score (nSPS) is 15.6. The van der Waals surface area contributed by atoms with Gasteiger partial charge < -0.3 is 14.8 Å². The molecule has 0 fully saturated rings. The summed E-state index contributed by atoms with van der Waals surface area (Å²) in [5, 5.41) is 3.57. The molecule has 0 unspecified atom stereocenters. The van der Waals surface area contributed by atoms with Gasteiger partial charge in [-0.15, -0.1) is 11.3 Å². The largest absolute Gasteiger partial charge is 0.497 e. The maximum Gasteiger partial charge on any atom is 0.233 e. The van der Waals surface area contributed by atoms with Gasteiger partial charge >= 0.3 is 0 Å². The highest BCUT2D eigenvalue weighted by Gasteiger charge is 2.26. The van der Waals surface area contributed by atoms with Gasteiger partial charge in [0.2, 0.25) is 5.91 Å². The van der Waals surface area contributed by atoms with Gasteiger partial charge in [0.1, 0.15) is 18.1 Å². The second kappa shape index (κ2) is 7.40. The molecule has 1 aliphatic rings. The first-order valence-corrected chi connectivity index (χ1v) is 9.59. The average molecular weight is 380 g/mol. The molecular formula is C21H20N2O3S. The van der Waals surface area contributed by atoms with Gasteiger partial charge in [0.05, 0.1) is 18.7 Å². The van der Waals surface area contributed by atoms with Crippen molar-refractivity contribution < 1.29 is 14.3 Å². The van der Waals surface area contributed by atoms with Crippen LogP contribution in [-0.2, 0) is 11.2 Å². The van der Waals surface area contributed by atoms with E-state index in [2.05, 4.69) is 10.3 Å². The van der Waals surface area contributed by atoms with E-state index >= 15 is 0 Å². The molecule has 1 aliphatic heterocycles. The van der Waals surface area contributed by atoms with Gasteiger partial charge in [0, 0.05) is 10.4 Å². The van der Waals surface area contributed by atoms with Gasteiger partial charge in [-0.05, 0) is 49.2 Å². The minimum Gasteiger partial charge on any atom is -0.497 e. The van der Waals surface area contributed by atoms with E-state index in [1.54, 1.807) is 7.11 Å². The lowest BCUT2D eigenvalue weighted by Gasteiger charge is -2.24.